The molecule has 0 N–H and O–H groups in total. The highest BCUT2D eigenvalue weighted by Crippen LogP contribution is 2.40. The van der Waals surface area contributed by atoms with E-state index in [-0.39, 0.29) is 0 Å². The summed E-state index contributed by atoms with van der Waals surface area (Å²) in [4.78, 5) is 0. The molecule has 2 aromatic carbocycles. The van der Waals surface area contributed by atoms with Crippen molar-refractivity contribution in [2.45, 2.75) is 13.8 Å². The third kappa shape index (κ3) is 2.31. The molecule has 0 heterocycles. The van der Waals surface area contributed by atoms with E-state index in [1.54, 1.807) is 0 Å². The first kappa shape index (κ1) is 11.7. The number of aryl methyl sites for hydroxylation is 2. The molecule has 0 saturated heterocycles. The number of benzene rings is 2. The van der Waals surface area contributed by atoms with Crippen molar-refractivity contribution in [1.29, 1.82) is 0 Å². The van der Waals surface area contributed by atoms with E-state index in [9.17, 15) is 0 Å². The molecule has 0 aliphatic heterocycles. The van der Waals surface area contributed by atoms with Crippen LogP contribution in [0.2, 0.25) is 0 Å². The third-order valence-corrected chi connectivity index (χ3v) is 5.90. The first-order valence-corrected chi connectivity index (χ1v) is 7.80. The summed E-state index contributed by atoms with van der Waals surface area (Å²) in [7, 11) is -0.518. The highest BCUT2D eigenvalue weighted by Gasteiger charge is 2.12. The lowest BCUT2D eigenvalue weighted by Gasteiger charge is -2.16. The lowest BCUT2D eigenvalue weighted by Crippen LogP contribution is -2.13. The maximum Gasteiger partial charge on any atom is 0.0124 e. The largest absolute Gasteiger partial charge is 0.141 e. The van der Waals surface area contributed by atoms with Crippen LogP contribution in [-0.2, 0) is 0 Å². The fourth-order valence-corrected chi connectivity index (χ4v) is 4.61. The molecular formula is C14H15PS. The average molecular weight is 246 g/mol. The van der Waals surface area contributed by atoms with Gasteiger partial charge < -0.3 is 0 Å². The summed E-state index contributed by atoms with van der Waals surface area (Å²) in [5, 5.41) is 2.71. The van der Waals surface area contributed by atoms with Gasteiger partial charge in [0, 0.05) is 7.12 Å². The van der Waals surface area contributed by atoms with Gasteiger partial charge in [-0.2, -0.15) is 0 Å². The summed E-state index contributed by atoms with van der Waals surface area (Å²) in [5.41, 5.74) is 2.65. The first-order valence-electron chi connectivity index (χ1n) is 5.30. The molecule has 82 valence electrons. The molecule has 0 amide bonds. The Balaban J connectivity index is 2.44. The van der Waals surface area contributed by atoms with Crippen molar-refractivity contribution in [2.75, 3.05) is 0 Å². The molecule has 0 atom stereocenters. The van der Waals surface area contributed by atoms with Crippen LogP contribution in [0, 0.1) is 13.8 Å². The van der Waals surface area contributed by atoms with Gasteiger partial charge in [0.25, 0.3) is 0 Å². The highest BCUT2D eigenvalue weighted by atomic mass is 32.7. The number of hydrogen-bond acceptors (Lipinski definition) is 1. The van der Waals surface area contributed by atoms with Crippen molar-refractivity contribution in [2.24, 2.45) is 0 Å². The van der Waals surface area contributed by atoms with E-state index in [1.807, 2.05) is 0 Å². The molecule has 0 radical (unpaired) electrons. The van der Waals surface area contributed by atoms with Gasteiger partial charge in [0.05, 0.1) is 0 Å². The van der Waals surface area contributed by atoms with Crippen molar-refractivity contribution >= 4 is 30.0 Å². The SMILES string of the molecule is Cc1ccccc1P(S)c1ccccc1C. The van der Waals surface area contributed by atoms with E-state index in [2.05, 4.69) is 62.4 Å². The van der Waals surface area contributed by atoms with E-state index >= 15 is 0 Å². The Morgan fingerprint density at radius 2 is 1.12 bits per heavy atom. The molecule has 0 bridgehead atoms. The minimum Gasteiger partial charge on any atom is -0.141 e. The molecule has 16 heavy (non-hydrogen) atoms. The monoisotopic (exact) mass is 246 g/mol. The summed E-state index contributed by atoms with van der Waals surface area (Å²) in [5.74, 6) is 0. The predicted molar refractivity (Wildman–Crippen MR) is 77.5 cm³/mol. The Morgan fingerprint density at radius 3 is 1.50 bits per heavy atom. The van der Waals surface area contributed by atoms with Gasteiger partial charge in [-0.3, -0.25) is 0 Å². The summed E-state index contributed by atoms with van der Waals surface area (Å²) >= 11 is 4.81. The zero-order valence-electron chi connectivity index (χ0n) is 9.51. The minimum absolute atomic E-state index is 0.518. The molecule has 2 aromatic rings. The van der Waals surface area contributed by atoms with Gasteiger partial charge in [-0.05, 0) is 35.6 Å². The minimum atomic E-state index is -0.518. The van der Waals surface area contributed by atoms with Crippen molar-refractivity contribution in [3.63, 3.8) is 0 Å². The third-order valence-electron chi connectivity index (χ3n) is 2.69. The quantitative estimate of drug-likeness (QED) is 0.607. The summed E-state index contributed by atoms with van der Waals surface area (Å²) < 4.78 is 0. The smallest absolute Gasteiger partial charge is 0.0124 e. The maximum atomic E-state index is 4.81. The summed E-state index contributed by atoms with van der Waals surface area (Å²) in [6.45, 7) is 4.30. The fourth-order valence-electron chi connectivity index (χ4n) is 1.73. The van der Waals surface area contributed by atoms with Crippen LogP contribution in [0.4, 0.5) is 0 Å². The second kappa shape index (κ2) is 5.03. The van der Waals surface area contributed by atoms with E-state index < -0.39 is 7.12 Å². The molecule has 0 aliphatic carbocycles. The Bertz CT molecular complexity index is 448. The van der Waals surface area contributed by atoms with Crippen LogP contribution in [0.3, 0.4) is 0 Å². The Labute approximate surface area is 104 Å². The van der Waals surface area contributed by atoms with E-state index in [4.69, 9.17) is 12.2 Å². The van der Waals surface area contributed by atoms with Gasteiger partial charge in [0.1, 0.15) is 0 Å². The molecule has 2 heteroatoms. The van der Waals surface area contributed by atoms with Gasteiger partial charge in [-0.1, -0.05) is 48.5 Å². The van der Waals surface area contributed by atoms with Crippen LogP contribution in [-0.4, -0.2) is 0 Å². The van der Waals surface area contributed by atoms with Crippen molar-refractivity contribution < 1.29 is 0 Å². The predicted octanol–water partition coefficient (Wildman–Crippen LogP) is 3.58. The van der Waals surface area contributed by atoms with Gasteiger partial charge in [-0.15, -0.1) is 12.2 Å². The van der Waals surface area contributed by atoms with Crippen molar-refractivity contribution in [3.8, 4) is 0 Å². The molecule has 0 aromatic heterocycles. The van der Waals surface area contributed by atoms with Gasteiger partial charge >= 0.3 is 0 Å². The van der Waals surface area contributed by atoms with Gasteiger partial charge in [-0.25, -0.2) is 0 Å². The molecule has 0 spiro atoms. The van der Waals surface area contributed by atoms with Crippen LogP contribution in [0.1, 0.15) is 11.1 Å². The van der Waals surface area contributed by atoms with Crippen LogP contribution < -0.4 is 10.6 Å². The lowest BCUT2D eigenvalue weighted by atomic mass is 10.2. The zero-order chi connectivity index (χ0) is 11.5. The maximum absolute atomic E-state index is 4.81. The van der Waals surface area contributed by atoms with E-state index in [0.29, 0.717) is 0 Å². The summed E-state index contributed by atoms with van der Waals surface area (Å²) in [6, 6.07) is 17.0. The number of thiol groups is 1. The normalized spacial score (nSPS) is 10.8. The molecule has 0 fully saturated rings. The highest BCUT2D eigenvalue weighted by molar-refractivity contribution is 8.50. The number of rotatable bonds is 2. The second-order valence-electron chi connectivity index (χ2n) is 3.88. The molecule has 0 unspecified atom stereocenters. The molecule has 0 nitrogen and oxygen atoms in total. The second-order valence-corrected chi connectivity index (χ2v) is 6.67. The Hall–Kier alpha value is -0.780. The van der Waals surface area contributed by atoms with Crippen LogP contribution in [0.15, 0.2) is 48.5 Å². The lowest BCUT2D eigenvalue weighted by molar-refractivity contribution is 1.51. The van der Waals surface area contributed by atoms with Crippen LogP contribution in [0.25, 0.3) is 0 Å². The Kier molecular flexibility index (Phi) is 3.68. The van der Waals surface area contributed by atoms with Crippen LogP contribution >= 0.6 is 19.4 Å². The molecule has 2 rings (SSSR count). The van der Waals surface area contributed by atoms with Crippen LogP contribution in [0.5, 0.6) is 0 Å². The topological polar surface area (TPSA) is 0 Å². The Morgan fingerprint density at radius 1 is 0.750 bits per heavy atom. The van der Waals surface area contributed by atoms with Crippen molar-refractivity contribution in [3.05, 3.63) is 59.7 Å². The first-order chi connectivity index (χ1) is 7.70. The number of hydrogen-bond donors (Lipinski definition) is 1. The summed E-state index contributed by atoms with van der Waals surface area (Å²) in [6.07, 6.45) is 0. The van der Waals surface area contributed by atoms with Crippen molar-refractivity contribution in [1.82, 2.24) is 0 Å². The fraction of sp³-hybridized carbons (Fsp3) is 0.143. The average Bonchev–Trinajstić information content (AvgIpc) is 2.29. The van der Waals surface area contributed by atoms with Gasteiger partial charge in [0.15, 0.2) is 0 Å². The zero-order valence-corrected chi connectivity index (χ0v) is 11.3. The molecule has 0 saturated carbocycles. The van der Waals surface area contributed by atoms with E-state index in [1.165, 1.54) is 21.7 Å². The standard InChI is InChI=1S/C14H15PS/c1-11-7-3-5-9-13(11)15(16)14-10-6-4-8-12(14)2/h3-10,16H,1-2H3. The molecule has 0 aliphatic rings. The molecular weight excluding hydrogens is 231 g/mol. The van der Waals surface area contributed by atoms with E-state index in [0.717, 1.165) is 0 Å². The van der Waals surface area contributed by atoms with Gasteiger partial charge in [0.2, 0.25) is 0 Å².